The third kappa shape index (κ3) is 58.5. The van der Waals surface area contributed by atoms with Gasteiger partial charge in [-0.25, -0.2) is 19.2 Å². The Bertz CT molecular complexity index is 1870. The quantitative estimate of drug-likeness (QED) is 0.0208. The van der Waals surface area contributed by atoms with Gasteiger partial charge in [-0.1, -0.05) is 108 Å². The maximum absolute atomic E-state index is 11.8. The van der Waals surface area contributed by atoms with E-state index < -0.39 is 32.5 Å². The van der Waals surface area contributed by atoms with Gasteiger partial charge in [0.25, 0.3) is 10.1 Å². The van der Waals surface area contributed by atoms with Crippen LogP contribution in [0, 0.1) is 0 Å². The molecule has 5 N–H and O–H groups in total. The Morgan fingerprint density at radius 3 is 1.16 bits per heavy atom. The number of carbonyl (C=O) groups is 5. The Morgan fingerprint density at radius 1 is 0.475 bits per heavy atom. The molecule has 1 rings (SSSR count). The van der Waals surface area contributed by atoms with Crippen LogP contribution in [0.15, 0.2) is 24.3 Å². The molecule has 80 heavy (non-hydrogen) atoms. The number of esters is 2. The molecule has 0 radical (unpaired) electrons. The van der Waals surface area contributed by atoms with Crippen molar-refractivity contribution >= 4 is 40.3 Å². The normalized spacial score (nSPS) is 11.8. The van der Waals surface area contributed by atoms with Crippen LogP contribution in [0.25, 0.3) is 0 Å². The van der Waals surface area contributed by atoms with E-state index in [1.807, 2.05) is 107 Å². The molecular formula is C61H115N5O13S. The molecule has 3 amide bonds. The van der Waals surface area contributed by atoms with Gasteiger partial charge in [-0.2, -0.15) is 8.42 Å². The number of amides is 3. The zero-order chi connectivity index (χ0) is 60.9. The van der Waals surface area contributed by atoms with Crippen molar-refractivity contribution in [3.8, 4) is 0 Å². The lowest BCUT2D eigenvalue weighted by molar-refractivity contribution is -0.154. The number of methoxy groups -OCH3 is 1. The summed E-state index contributed by atoms with van der Waals surface area (Å²) in [6, 6.07) is 7.73. The van der Waals surface area contributed by atoms with Crippen LogP contribution >= 0.6 is 0 Å². The summed E-state index contributed by atoms with van der Waals surface area (Å²) in [5.41, 5.74) is 5.43. The monoisotopic (exact) mass is 1160 g/mol. The molecule has 0 bridgehead atoms. The molecule has 0 aliphatic rings. The summed E-state index contributed by atoms with van der Waals surface area (Å²) >= 11 is 0. The minimum absolute atomic E-state index is 0.0947. The summed E-state index contributed by atoms with van der Waals surface area (Å²) in [5, 5.41) is 8.30. The van der Waals surface area contributed by atoms with Crippen LogP contribution in [-0.4, -0.2) is 125 Å². The number of alkyl carbamates (subject to hydrolysis) is 3. The Morgan fingerprint density at radius 2 is 0.812 bits per heavy atom. The highest BCUT2D eigenvalue weighted by atomic mass is 32.2. The molecule has 0 fully saturated rings. The Labute approximate surface area is 486 Å². The van der Waals surface area contributed by atoms with Crippen LogP contribution in [-0.2, 0) is 49.3 Å². The van der Waals surface area contributed by atoms with Gasteiger partial charge in [0.15, 0.2) is 0 Å². The molecule has 0 atom stereocenters. The van der Waals surface area contributed by atoms with E-state index in [9.17, 15) is 32.4 Å². The van der Waals surface area contributed by atoms with E-state index in [2.05, 4.69) is 25.0 Å². The number of nitrogens with one attached hydrogen (secondary N) is 3. The van der Waals surface area contributed by atoms with E-state index in [0.717, 1.165) is 148 Å². The van der Waals surface area contributed by atoms with Crippen molar-refractivity contribution in [3.05, 3.63) is 35.4 Å². The second-order valence-corrected chi connectivity index (χ2v) is 26.2. The minimum atomic E-state index is -3.30. The highest BCUT2D eigenvalue weighted by Gasteiger charge is 2.18. The molecule has 468 valence electrons. The minimum Gasteiger partial charge on any atom is -0.465 e. The van der Waals surface area contributed by atoms with Crippen molar-refractivity contribution in [2.45, 2.75) is 266 Å². The summed E-state index contributed by atoms with van der Waals surface area (Å²) in [7, 11) is -1.90. The predicted molar refractivity (Wildman–Crippen MR) is 322 cm³/mol. The van der Waals surface area contributed by atoms with Crippen molar-refractivity contribution < 1.29 is 60.3 Å². The zero-order valence-electron chi connectivity index (χ0n) is 52.7. The van der Waals surface area contributed by atoms with Crippen LogP contribution in [0.1, 0.15) is 253 Å². The second kappa shape index (κ2) is 45.3. The molecule has 19 heteroatoms. The molecule has 0 saturated carbocycles. The van der Waals surface area contributed by atoms with Crippen LogP contribution in [0.5, 0.6) is 0 Å². The van der Waals surface area contributed by atoms with Gasteiger partial charge >= 0.3 is 30.2 Å². The zero-order valence-corrected chi connectivity index (χ0v) is 53.5. The molecule has 0 unspecified atom stereocenters. The number of ether oxygens (including phenoxy) is 5. The van der Waals surface area contributed by atoms with E-state index in [1.54, 1.807) is 0 Å². The van der Waals surface area contributed by atoms with E-state index in [-0.39, 0.29) is 36.8 Å². The average Bonchev–Trinajstić information content (AvgIpc) is 3.32. The smallest absolute Gasteiger partial charge is 0.407 e. The fourth-order valence-electron chi connectivity index (χ4n) is 7.72. The summed E-state index contributed by atoms with van der Waals surface area (Å²) in [6.45, 7) is 28.4. The molecule has 1 aromatic rings. The molecule has 0 spiro atoms. The van der Waals surface area contributed by atoms with Gasteiger partial charge in [0.2, 0.25) is 0 Å². The predicted octanol–water partition coefficient (Wildman–Crippen LogP) is 13.5. The highest BCUT2D eigenvalue weighted by molar-refractivity contribution is 7.85. The maximum atomic E-state index is 11.8. The van der Waals surface area contributed by atoms with Crippen LogP contribution in [0.3, 0.4) is 0 Å². The number of hydrogen-bond acceptors (Lipinski definition) is 15. The first kappa shape index (κ1) is 77.9. The number of hydrogen-bond donors (Lipinski definition) is 4. The molecule has 0 aromatic heterocycles. The topological polar surface area (TPSA) is 240 Å². The van der Waals surface area contributed by atoms with Crippen molar-refractivity contribution in [1.29, 1.82) is 0 Å². The van der Waals surface area contributed by atoms with Gasteiger partial charge in [-0.15, -0.1) is 0 Å². The maximum Gasteiger partial charge on any atom is 0.407 e. The lowest BCUT2D eigenvalue weighted by Crippen LogP contribution is -2.33. The summed E-state index contributed by atoms with van der Waals surface area (Å²) < 4.78 is 51.8. The molecule has 0 aliphatic carbocycles. The van der Waals surface area contributed by atoms with Crippen LogP contribution in [0.4, 0.5) is 14.4 Å². The Kier molecular flexibility index (Phi) is 44.1. The Hall–Kier alpha value is -4.20. The molecule has 0 aliphatic heterocycles. The van der Waals surface area contributed by atoms with Crippen molar-refractivity contribution in [2.75, 3.05) is 59.2 Å². The van der Waals surface area contributed by atoms with Gasteiger partial charge in [-0.3, -0.25) is 13.9 Å². The number of carbonyl (C=O) groups excluding carboxylic acids is 5. The first-order valence-electron chi connectivity index (χ1n) is 29.9. The Balaban J connectivity index is 0. The number of rotatable bonds is 38. The second-order valence-electron chi connectivity index (χ2n) is 24.5. The SMILES string of the molecule is CC(C)(C)OC(=O)NCCCCCCCCOS(C)(=O)=O.CC(C)(C)OC(=O)NCCCCCCCN.COC(=O)c1ccc(CN(CCCCCCCCCC(=O)OC(C)(C)C)CCCCCCCNC(=O)OC(C)(C)C)cc1. The van der Waals surface area contributed by atoms with E-state index >= 15 is 0 Å². The van der Waals surface area contributed by atoms with Gasteiger partial charge < -0.3 is 45.4 Å². The average molecular weight is 1160 g/mol. The first-order valence-corrected chi connectivity index (χ1v) is 31.7. The number of benzene rings is 1. The number of nitrogens with two attached hydrogens (primary N) is 1. The van der Waals surface area contributed by atoms with Crippen LogP contribution in [0.2, 0.25) is 0 Å². The van der Waals surface area contributed by atoms with Crippen LogP contribution < -0.4 is 21.7 Å². The molecular weight excluding hydrogens is 1040 g/mol. The third-order valence-electron chi connectivity index (χ3n) is 11.5. The molecule has 1 aromatic carbocycles. The van der Waals surface area contributed by atoms with Gasteiger partial charge in [0.05, 0.1) is 25.5 Å². The molecule has 18 nitrogen and oxygen atoms in total. The van der Waals surface area contributed by atoms with Crippen molar-refractivity contribution in [1.82, 2.24) is 20.9 Å². The van der Waals surface area contributed by atoms with Crippen molar-refractivity contribution in [3.63, 3.8) is 0 Å². The lowest BCUT2D eigenvalue weighted by Gasteiger charge is -2.23. The largest absolute Gasteiger partial charge is 0.465 e. The highest BCUT2D eigenvalue weighted by Crippen LogP contribution is 2.16. The van der Waals surface area contributed by atoms with Gasteiger partial charge in [0.1, 0.15) is 22.4 Å². The third-order valence-corrected chi connectivity index (χ3v) is 12.1. The van der Waals surface area contributed by atoms with Gasteiger partial charge in [0, 0.05) is 32.6 Å². The standard InChI is InChI=1S/C35H60N2O6.C14H29NO5S.C12H26N2O2/c1-34(2,3)42-31(38)20-16-12-9-8-10-14-18-26-37(28-29-21-23-30(24-22-29)32(39)41-7)27-19-15-11-13-17-25-36-33(40)43-35(4,5)6;1-14(2,3)20-13(16)15-11-9-7-5-6-8-10-12-19-21(4,17)18;1-12(2,3)16-11(15)14-10-8-6-4-5-7-9-13/h21-24H,8-20,25-28H2,1-7H3,(H,36,40);5-12H2,1-4H3,(H,15,16);4-10,13H2,1-3H3,(H,14,15). The molecule has 0 saturated heterocycles. The summed E-state index contributed by atoms with van der Waals surface area (Å²) in [6.07, 6.45) is 25.3. The van der Waals surface area contributed by atoms with Crippen molar-refractivity contribution in [2.24, 2.45) is 5.73 Å². The lowest BCUT2D eigenvalue weighted by atomic mass is 10.1. The van der Waals surface area contributed by atoms with Gasteiger partial charge in [-0.05, 0) is 172 Å². The molecule has 0 heterocycles. The van der Waals surface area contributed by atoms with E-state index in [4.69, 9.17) is 29.4 Å². The fraction of sp³-hybridized carbons (Fsp3) is 0.820. The number of unbranched alkanes of at least 4 members (excludes halogenated alkanes) is 19. The van der Waals surface area contributed by atoms with E-state index in [1.165, 1.54) is 44.8 Å². The summed E-state index contributed by atoms with van der Waals surface area (Å²) in [5.74, 6) is -0.405. The first-order chi connectivity index (χ1) is 37.3. The summed E-state index contributed by atoms with van der Waals surface area (Å²) in [4.78, 5) is 60.5. The number of nitrogens with zero attached hydrogens (tertiary/aromatic N) is 1. The van der Waals surface area contributed by atoms with E-state index in [0.29, 0.717) is 31.6 Å². The fourth-order valence-corrected chi connectivity index (χ4v) is 8.14.